The van der Waals surface area contributed by atoms with Crippen LogP contribution in [0.5, 0.6) is 0 Å². The Hall–Kier alpha value is -3.49. The van der Waals surface area contributed by atoms with Crippen LogP contribution in [0.4, 0.5) is 20.4 Å². The largest absolute Gasteiger partial charge is 0.478 e. The third kappa shape index (κ3) is 3.34. The van der Waals surface area contributed by atoms with Gasteiger partial charge in [-0.3, -0.25) is 9.36 Å². The molecule has 3 aromatic rings. The molecule has 2 aliphatic rings. The van der Waals surface area contributed by atoms with Crippen molar-refractivity contribution in [2.24, 2.45) is 18.9 Å². The first-order valence-corrected chi connectivity index (χ1v) is 10.8. The number of nitrogens with one attached hydrogen (secondary N) is 1. The van der Waals surface area contributed by atoms with Crippen molar-refractivity contribution in [1.29, 1.82) is 0 Å². The molecule has 0 amide bonds. The van der Waals surface area contributed by atoms with E-state index >= 15 is 0 Å². The van der Waals surface area contributed by atoms with Gasteiger partial charge in [0.05, 0.1) is 34.3 Å². The van der Waals surface area contributed by atoms with E-state index in [9.17, 15) is 23.5 Å². The van der Waals surface area contributed by atoms with Crippen molar-refractivity contribution in [3.8, 4) is 0 Å². The number of alkyl halides is 2. The van der Waals surface area contributed by atoms with Crippen molar-refractivity contribution in [2.45, 2.75) is 25.8 Å². The monoisotopic (exact) mass is 454 g/mol. The minimum atomic E-state index is -2.62. The number of aromatic nitrogens is 2. The van der Waals surface area contributed by atoms with Gasteiger partial charge in [0, 0.05) is 31.4 Å². The summed E-state index contributed by atoms with van der Waals surface area (Å²) in [4.78, 5) is 31.3. The average molecular weight is 454 g/mol. The number of halogens is 2. The molecule has 1 saturated carbocycles. The maximum atomic E-state index is 13.7. The Labute approximate surface area is 188 Å². The zero-order valence-corrected chi connectivity index (χ0v) is 18.5. The summed E-state index contributed by atoms with van der Waals surface area (Å²) in [6.45, 7) is 4.09. The van der Waals surface area contributed by atoms with Crippen molar-refractivity contribution in [3.05, 3.63) is 63.4 Å². The van der Waals surface area contributed by atoms with Gasteiger partial charge in [0.1, 0.15) is 0 Å². The molecular weight excluding hydrogens is 430 g/mol. The molecule has 1 aliphatic heterocycles. The minimum absolute atomic E-state index is 0.142. The van der Waals surface area contributed by atoms with Crippen molar-refractivity contribution in [2.75, 3.05) is 23.3 Å². The van der Waals surface area contributed by atoms with Gasteiger partial charge in [0.15, 0.2) is 0 Å². The third-order valence-corrected chi connectivity index (χ3v) is 6.81. The first-order chi connectivity index (χ1) is 15.6. The second kappa shape index (κ2) is 7.26. The van der Waals surface area contributed by atoms with Crippen LogP contribution in [0.1, 0.15) is 34.5 Å². The van der Waals surface area contributed by atoms with E-state index in [0.717, 1.165) is 11.1 Å². The zero-order chi connectivity index (χ0) is 23.7. The smallest absolute Gasteiger partial charge is 0.337 e. The molecule has 33 heavy (non-hydrogen) atoms. The number of carboxylic acids is 1. The quantitative estimate of drug-likeness (QED) is 0.610. The lowest BCUT2D eigenvalue weighted by Crippen LogP contribution is -2.34. The van der Waals surface area contributed by atoms with Crippen LogP contribution >= 0.6 is 0 Å². The van der Waals surface area contributed by atoms with E-state index < -0.39 is 23.7 Å². The van der Waals surface area contributed by atoms with Gasteiger partial charge in [-0.1, -0.05) is 18.2 Å². The summed E-state index contributed by atoms with van der Waals surface area (Å²) in [5.74, 6) is -4.66. The minimum Gasteiger partial charge on any atom is -0.478 e. The lowest BCUT2D eigenvalue weighted by atomic mass is 10.0. The Morgan fingerprint density at radius 1 is 1.24 bits per heavy atom. The molecule has 3 atom stereocenters. The standard InChI is InChI=1S/C24H24F2N4O3/c1-12-8-15(13(2)27-19-7-5-4-6-14(19)22(32)33)20-16(9-12)21(31)29(3)23(28-20)30-10-17-18(11-30)24(17,25)26/h4-9,13,17-18,27H,10-11H2,1-3H3,(H,32,33)/t13-,17?,18?/m0/s1. The molecule has 7 nitrogen and oxygen atoms in total. The van der Waals surface area contributed by atoms with Crippen LogP contribution in [0, 0.1) is 18.8 Å². The second-order valence-electron chi connectivity index (χ2n) is 9.04. The zero-order valence-electron chi connectivity index (χ0n) is 18.5. The Morgan fingerprint density at radius 2 is 1.91 bits per heavy atom. The number of fused-ring (bicyclic) bond motifs is 2. The predicted molar refractivity (Wildman–Crippen MR) is 121 cm³/mol. The Balaban J connectivity index is 1.57. The van der Waals surface area contributed by atoms with Gasteiger partial charge in [-0.05, 0) is 37.6 Å². The van der Waals surface area contributed by atoms with Crippen molar-refractivity contribution in [1.82, 2.24) is 9.55 Å². The van der Waals surface area contributed by atoms with Crippen LogP contribution in [0.25, 0.3) is 10.9 Å². The number of rotatable bonds is 5. The van der Waals surface area contributed by atoms with Crippen molar-refractivity contribution >= 4 is 28.5 Å². The summed E-state index contributed by atoms with van der Waals surface area (Å²) in [6, 6.07) is 9.93. The van der Waals surface area contributed by atoms with Gasteiger partial charge in [0.25, 0.3) is 11.5 Å². The van der Waals surface area contributed by atoms with E-state index in [1.165, 1.54) is 10.6 Å². The van der Waals surface area contributed by atoms with E-state index in [1.54, 1.807) is 36.2 Å². The first kappa shape index (κ1) is 21.4. The van der Waals surface area contributed by atoms with Gasteiger partial charge in [0.2, 0.25) is 5.95 Å². The molecule has 172 valence electrons. The summed E-state index contributed by atoms with van der Waals surface area (Å²) in [5.41, 5.74) is 2.44. The Morgan fingerprint density at radius 3 is 2.58 bits per heavy atom. The third-order valence-electron chi connectivity index (χ3n) is 6.81. The van der Waals surface area contributed by atoms with Crippen LogP contribution in [0.3, 0.4) is 0 Å². The lowest BCUT2D eigenvalue weighted by molar-refractivity contribution is 0.0697. The molecule has 1 aliphatic carbocycles. The molecule has 1 saturated heterocycles. The summed E-state index contributed by atoms with van der Waals surface area (Å²) in [6.07, 6.45) is 0. The molecule has 9 heteroatoms. The highest BCUT2D eigenvalue weighted by Gasteiger charge is 2.72. The number of piperidine rings is 1. The molecule has 2 aromatic carbocycles. The number of carboxylic acid groups (broad SMARTS) is 1. The van der Waals surface area contributed by atoms with Crippen molar-refractivity contribution < 1.29 is 18.7 Å². The van der Waals surface area contributed by atoms with E-state index in [-0.39, 0.29) is 30.3 Å². The van der Waals surface area contributed by atoms with Crippen molar-refractivity contribution in [3.63, 3.8) is 0 Å². The highest BCUT2D eigenvalue weighted by atomic mass is 19.3. The normalized spacial score (nSPS) is 21.7. The number of hydrogen-bond acceptors (Lipinski definition) is 5. The number of hydrogen-bond donors (Lipinski definition) is 2. The highest BCUT2D eigenvalue weighted by Crippen LogP contribution is 2.59. The number of aromatic carboxylic acids is 1. The summed E-state index contributed by atoms with van der Waals surface area (Å²) < 4.78 is 28.8. The number of benzene rings is 2. The summed E-state index contributed by atoms with van der Waals surface area (Å²) in [7, 11) is 1.61. The van der Waals surface area contributed by atoms with Gasteiger partial charge in [-0.25, -0.2) is 18.6 Å². The van der Waals surface area contributed by atoms with E-state index in [0.29, 0.717) is 22.5 Å². The average Bonchev–Trinajstić information content (AvgIpc) is 3.10. The molecule has 0 bridgehead atoms. The van der Waals surface area contributed by atoms with Crippen LogP contribution in [0.2, 0.25) is 0 Å². The predicted octanol–water partition coefficient (Wildman–Crippen LogP) is 3.81. The molecule has 0 radical (unpaired) electrons. The molecule has 2 unspecified atom stereocenters. The molecule has 5 rings (SSSR count). The topological polar surface area (TPSA) is 87.5 Å². The maximum Gasteiger partial charge on any atom is 0.337 e. The fraction of sp³-hybridized carbons (Fsp3) is 0.375. The van der Waals surface area contributed by atoms with Gasteiger partial charge in [-0.15, -0.1) is 0 Å². The van der Waals surface area contributed by atoms with Gasteiger partial charge < -0.3 is 15.3 Å². The molecular formula is C24H24F2N4O3. The van der Waals surface area contributed by atoms with E-state index in [1.807, 2.05) is 19.9 Å². The first-order valence-electron chi connectivity index (χ1n) is 10.8. The highest BCUT2D eigenvalue weighted by molar-refractivity contribution is 5.94. The Bertz CT molecular complexity index is 1340. The fourth-order valence-electron chi connectivity index (χ4n) is 4.93. The van der Waals surface area contributed by atoms with Crippen LogP contribution < -0.4 is 15.8 Å². The number of para-hydroxylation sites is 1. The molecule has 0 spiro atoms. The summed E-state index contributed by atoms with van der Waals surface area (Å²) in [5, 5.41) is 13.2. The molecule has 1 aromatic heterocycles. The molecule has 2 fully saturated rings. The fourth-order valence-corrected chi connectivity index (χ4v) is 4.93. The van der Waals surface area contributed by atoms with E-state index in [4.69, 9.17) is 4.98 Å². The number of carbonyl (C=O) groups is 1. The number of anilines is 2. The SMILES string of the molecule is Cc1cc([C@H](C)Nc2ccccc2C(=O)O)c2nc(N3CC4C(C3)C4(F)F)n(C)c(=O)c2c1. The van der Waals surface area contributed by atoms with Gasteiger partial charge >= 0.3 is 5.97 Å². The molecule has 2 N–H and O–H groups in total. The van der Waals surface area contributed by atoms with E-state index in [2.05, 4.69) is 5.32 Å². The number of nitrogens with zero attached hydrogens (tertiary/aromatic N) is 3. The summed E-state index contributed by atoms with van der Waals surface area (Å²) >= 11 is 0. The van der Waals surface area contributed by atoms with Crippen LogP contribution in [-0.2, 0) is 7.05 Å². The Kier molecular flexibility index (Phi) is 4.70. The maximum absolute atomic E-state index is 13.7. The van der Waals surface area contributed by atoms with Crippen LogP contribution in [-0.4, -0.2) is 39.6 Å². The van der Waals surface area contributed by atoms with Gasteiger partial charge in [-0.2, -0.15) is 0 Å². The lowest BCUT2D eigenvalue weighted by Gasteiger charge is -2.25. The molecule has 2 heterocycles. The number of aryl methyl sites for hydroxylation is 1. The van der Waals surface area contributed by atoms with Crippen LogP contribution in [0.15, 0.2) is 41.2 Å². The second-order valence-corrected chi connectivity index (χ2v) is 9.04.